The van der Waals surface area contributed by atoms with E-state index in [0.717, 1.165) is 17.1 Å². The molecule has 0 saturated carbocycles. The summed E-state index contributed by atoms with van der Waals surface area (Å²) < 4.78 is 10.9. The lowest BCUT2D eigenvalue weighted by atomic mass is 10.1. The van der Waals surface area contributed by atoms with Crippen molar-refractivity contribution in [3.05, 3.63) is 23.8 Å². The second kappa shape index (κ2) is 6.83. The third-order valence-electron chi connectivity index (χ3n) is 3.27. The van der Waals surface area contributed by atoms with Crippen molar-refractivity contribution in [1.29, 1.82) is 0 Å². The fourth-order valence-corrected chi connectivity index (χ4v) is 1.95. The SMILES string of the molecule is CC(C(=O)NCCc1ccc2c(c1)OCCO2)C(N)=NO. The fraction of sp³-hybridized carbons (Fsp3) is 0.429. The Morgan fingerprint density at radius 2 is 2.14 bits per heavy atom. The number of hydrogen-bond acceptors (Lipinski definition) is 5. The number of rotatable bonds is 5. The van der Waals surface area contributed by atoms with Gasteiger partial charge in [-0.2, -0.15) is 0 Å². The Balaban J connectivity index is 1.85. The normalized spacial score (nSPS) is 15.4. The number of oxime groups is 1. The van der Waals surface area contributed by atoms with Gasteiger partial charge in [0.1, 0.15) is 13.2 Å². The van der Waals surface area contributed by atoms with Crippen LogP contribution in [0.15, 0.2) is 23.4 Å². The Bertz CT molecular complexity index is 545. The van der Waals surface area contributed by atoms with Gasteiger partial charge in [0.05, 0.1) is 5.92 Å². The molecule has 1 atom stereocenters. The summed E-state index contributed by atoms with van der Waals surface area (Å²) in [5.74, 6) is 0.439. The number of nitrogens with one attached hydrogen (secondary N) is 1. The van der Waals surface area contributed by atoms with Crippen molar-refractivity contribution in [3.63, 3.8) is 0 Å². The summed E-state index contributed by atoms with van der Waals surface area (Å²) in [6.07, 6.45) is 0.658. The Labute approximate surface area is 122 Å². The highest BCUT2D eigenvalue weighted by molar-refractivity contribution is 6.01. The minimum atomic E-state index is -0.657. The van der Waals surface area contributed by atoms with Crippen LogP contribution in [0.4, 0.5) is 0 Å². The molecule has 1 aliphatic rings. The Morgan fingerprint density at radius 3 is 2.86 bits per heavy atom. The number of fused-ring (bicyclic) bond motifs is 1. The van der Waals surface area contributed by atoms with Crippen LogP contribution in [-0.4, -0.2) is 36.7 Å². The Morgan fingerprint density at radius 1 is 1.43 bits per heavy atom. The number of carbonyl (C=O) groups excluding carboxylic acids is 1. The molecule has 0 saturated heterocycles. The van der Waals surface area contributed by atoms with Crippen LogP contribution in [0.3, 0.4) is 0 Å². The first-order valence-corrected chi connectivity index (χ1v) is 6.75. The maximum Gasteiger partial charge on any atom is 0.230 e. The third kappa shape index (κ3) is 3.77. The first-order chi connectivity index (χ1) is 10.1. The molecule has 1 heterocycles. The molecule has 114 valence electrons. The number of benzene rings is 1. The van der Waals surface area contributed by atoms with Crippen LogP contribution in [0.5, 0.6) is 11.5 Å². The van der Waals surface area contributed by atoms with Crippen molar-refractivity contribution in [3.8, 4) is 11.5 Å². The van der Waals surface area contributed by atoms with E-state index in [2.05, 4.69) is 10.5 Å². The summed E-state index contributed by atoms with van der Waals surface area (Å²) in [7, 11) is 0. The quantitative estimate of drug-likeness (QED) is 0.317. The van der Waals surface area contributed by atoms with Crippen molar-refractivity contribution in [1.82, 2.24) is 5.32 Å². The molecule has 21 heavy (non-hydrogen) atoms. The Kier molecular flexibility index (Phi) is 4.86. The molecule has 0 aromatic heterocycles. The van der Waals surface area contributed by atoms with Crippen LogP contribution < -0.4 is 20.5 Å². The summed E-state index contributed by atoms with van der Waals surface area (Å²) in [6, 6.07) is 5.71. The zero-order valence-electron chi connectivity index (χ0n) is 11.8. The number of nitrogens with two attached hydrogens (primary N) is 1. The highest BCUT2D eigenvalue weighted by Gasteiger charge is 2.17. The lowest BCUT2D eigenvalue weighted by molar-refractivity contribution is -0.122. The van der Waals surface area contributed by atoms with E-state index in [1.807, 2.05) is 18.2 Å². The molecule has 1 unspecified atom stereocenters. The van der Waals surface area contributed by atoms with E-state index < -0.39 is 5.92 Å². The number of hydrogen-bond donors (Lipinski definition) is 3. The van der Waals surface area contributed by atoms with E-state index in [-0.39, 0.29) is 11.7 Å². The van der Waals surface area contributed by atoms with E-state index in [9.17, 15) is 4.79 Å². The molecule has 7 heteroatoms. The Hall–Kier alpha value is -2.44. The topological polar surface area (TPSA) is 106 Å². The minimum Gasteiger partial charge on any atom is -0.486 e. The fourth-order valence-electron chi connectivity index (χ4n) is 1.95. The lowest BCUT2D eigenvalue weighted by Crippen LogP contribution is -2.38. The van der Waals surface area contributed by atoms with Crippen molar-refractivity contribution >= 4 is 11.7 Å². The molecule has 4 N–H and O–H groups in total. The van der Waals surface area contributed by atoms with Gasteiger partial charge >= 0.3 is 0 Å². The standard InChI is InChI=1S/C14H19N3O4/c1-9(13(15)17-19)14(18)16-5-4-10-2-3-11-12(8-10)21-7-6-20-11/h2-3,8-9,19H,4-7H2,1H3,(H2,15,17)(H,16,18). The number of ether oxygens (including phenoxy) is 2. The van der Waals surface area contributed by atoms with Gasteiger partial charge in [-0.25, -0.2) is 0 Å². The monoisotopic (exact) mass is 293 g/mol. The van der Waals surface area contributed by atoms with Crippen LogP contribution in [-0.2, 0) is 11.2 Å². The average molecular weight is 293 g/mol. The molecule has 0 fully saturated rings. The lowest BCUT2D eigenvalue weighted by Gasteiger charge is -2.19. The second-order valence-electron chi connectivity index (χ2n) is 4.77. The molecule has 1 aromatic rings. The molecule has 0 bridgehead atoms. The first kappa shape index (κ1) is 15.0. The number of amides is 1. The molecule has 7 nitrogen and oxygen atoms in total. The molecular formula is C14H19N3O4. The zero-order valence-corrected chi connectivity index (χ0v) is 11.8. The van der Waals surface area contributed by atoms with Crippen LogP contribution in [0.2, 0.25) is 0 Å². The van der Waals surface area contributed by atoms with Gasteiger partial charge in [0.15, 0.2) is 17.3 Å². The predicted molar refractivity (Wildman–Crippen MR) is 76.7 cm³/mol. The highest BCUT2D eigenvalue weighted by atomic mass is 16.6. The summed E-state index contributed by atoms with van der Waals surface area (Å²) in [6.45, 7) is 3.15. The van der Waals surface area contributed by atoms with Gasteiger partial charge in [-0.05, 0) is 31.0 Å². The van der Waals surface area contributed by atoms with E-state index in [0.29, 0.717) is 26.2 Å². The molecule has 1 aliphatic heterocycles. The van der Waals surface area contributed by atoms with Crippen molar-refractivity contribution in [2.24, 2.45) is 16.8 Å². The molecule has 0 radical (unpaired) electrons. The largest absolute Gasteiger partial charge is 0.486 e. The summed E-state index contributed by atoms with van der Waals surface area (Å²) in [5, 5.41) is 14.1. The first-order valence-electron chi connectivity index (χ1n) is 6.75. The maximum atomic E-state index is 11.7. The molecule has 1 amide bonds. The van der Waals surface area contributed by atoms with Gasteiger partial charge in [0, 0.05) is 6.54 Å². The van der Waals surface area contributed by atoms with Gasteiger partial charge < -0.3 is 25.7 Å². The van der Waals surface area contributed by atoms with Crippen molar-refractivity contribution in [2.45, 2.75) is 13.3 Å². The van der Waals surface area contributed by atoms with Crippen molar-refractivity contribution in [2.75, 3.05) is 19.8 Å². The van der Waals surface area contributed by atoms with Crippen LogP contribution in [0.25, 0.3) is 0 Å². The smallest absolute Gasteiger partial charge is 0.230 e. The van der Waals surface area contributed by atoms with Gasteiger partial charge in [0.2, 0.25) is 5.91 Å². The van der Waals surface area contributed by atoms with E-state index in [1.165, 1.54) is 0 Å². The van der Waals surface area contributed by atoms with Crippen LogP contribution in [0.1, 0.15) is 12.5 Å². The molecule has 1 aromatic carbocycles. The molecular weight excluding hydrogens is 274 g/mol. The van der Waals surface area contributed by atoms with E-state index in [1.54, 1.807) is 6.92 Å². The predicted octanol–water partition coefficient (Wildman–Crippen LogP) is 0.499. The van der Waals surface area contributed by atoms with Gasteiger partial charge in [-0.1, -0.05) is 11.2 Å². The van der Waals surface area contributed by atoms with Crippen LogP contribution in [0, 0.1) is 5.92 Å². The van der Waals surface area contributed by atoms with Gasteiger partial charge in [0.25, 0.3) is 0 Å². The van der Waals surface area contributed by atoms with Crippen molar-refractivity contribution < 1.29 is 19.5 Å². The maximum absolute atomic E-state index is 11.7. The van der Waals surface area contributed by atoms with Gasteiger partial charge in [-0.3, -0.25) is 4.79 Å². The second-order valence-corrected chi connectivity index (χ2v) is 4.77. The number of carbonyl (C=O) groups is 1. The molecule has 2 rings (SSSR count). The summed E-state index contributed by atoms with van der Waals surface area (Å²) in [4.78, 5) is 11.7. The highest BCUT2D eigenvalue weighted by Crippen LogP contribution is 2.30. The summed E-state index contributed by atoms with van der Waals surface area (Å²) >= 11 is 0. The molecule has 0 spiro atoms. The number of amidine groups is 1. The molecule has 0 aliphatic carbocycles. The summed E-state index contributed by atoms with van der Waals surface area (Å²) in [5.41, 5.74) is 6.42. The zero-order chi connectivity index (χ0) is 15.2. The van der Waals surface area contributed by atoms with E-state index >= 15 is 0 Å². The minimum absolute atomic E-state index is 0.105. The van der Waals surface area contributed by atoms with E-state index in [4.69, 9.17) is 20.4 Å². The number of nitrogens with zero attached hydrogens (tertiary/aromatic N) is 1. The third-order valence-corrected chi connectivity index (χ3v) is 3.27. The van der Waals surface area contributed by atoms with Crippen LogP contribution >= 0.6 is 0 Å². The average Bonchev–Trinajstić information content (AvgIpc) is 2.53. The van der Waals surface area contributed by atoms with Gasteiger partial charge in [-0.15, -0.1) is 0 Å².